The smallest absolute Gasteiger partial charge is 0.191 e. The molecule has 1 heterocycles. The Labute approximate surface area is 180 Å². The average molecular weight is 433 g/mol. The van der Waals surface area contributed by atoms with Gasteiger partial charge in [0.15, 0.2) is 5.96 Å². The van der Waals surface area contributed by atoms with Crippen LogP contribution in [0.2, 0.25) is 0 Å². The molecule has 0 bridgehead atoms. The third-order valence-corrected chi connectivity index (χ3v) is 7.86. The van der Waals surface area contributed by atoms with Gasteiger partial charge < -0.3 is 10.6 Å². The molecule has 7 heteroatoms. The Hall–Kier alpha value is -1.73. The molecule has 3 unspecified atom stereocenters. The van der Waals surface area contributed by atoms with Crippen LogP contribution in [-0.2, 0) is 17.2 Å². The molecule has 0 spiro atoms. The van der Waals surface area contributed by atoms with E-state index in [1.165, 1.54) is 5.56 Å². The predicted octanol–water partition coefficient (Wildman–Crippen LogP) is 3.99. The minimum atomic E-state index is -0.704. The van der Waals surface area contributed by atoms with Crippen molar-refractivity contribution < 1.29 is 4.21 Å². The second-order valence-corrected chi connectivity index (χ2v) is 10.2. The Morgan fingerprint density at radius 1 is 1.28 bits per heavy atom. The van der Waals surface area contributed by atoms with Crippen LogP contribution in [0.25, 0.3) is 10.6 Å². The number of benzene rings is 1. The second-order valence-electron chi connectivity index (χ2n) is 7.32. The molecular formula is C22H32N4OS2. The zero-order valence-electron chi connectivity index (χ0n) is 17.4. The fourth-order valence-corrected chi connectivity index (χ4v) is 5.89. The molecule has 1 aliphatic carbocycles. The van der Waals surface area contributed by atoms with Crippen LogP contribution in [0.1, 0.15) is 45.2 Å². The zero-order valence-corrected chi connectivity index (χ0v) is 19.0. The molecule has 1 aromatic heterocycles. The van der Waals surface area contributed by atoms with E-state index in [0.29, 0.717) is 17.8 Å². The van der Waals surface area contributed by atoms with Crippen LogP contribution in [0, 0.1) is 0 Å². The minimum Gasteiger partial charge on any atom is -0.357 e. The van der Waals surface area contributed by atoms with Crippen molar-refractivity contribution in [2.75, 3.05) is 18.8 Å². The number of hydrogen-bond donors (Lipinski definition) is 2. The van der Waals surface area contributed by atoms with Gasteiger partial charge in [-0.1, -0.05) is 43.7 Å². The van der Waals surface area contributed by atoms with Crippen molar-refractivity contribution in [3.8, 4) is 10.6 Å². The molecule has 0 amide bonds. The standard InChI is InChI=1S/C22H32N4OS2/c1-3-23-22(26-18-11-8-12-20(15-18)29(27)4-2)24-14-13-19-16-28-21(25-19)17-9-6-5-7-10-17/h5-7,9-10,16,18,20H,3-4,8,11-15H2,1-2H3,(H2,23,24,26). The number of aliphatic imine (C=N–C) groups is 1. The molecule has 1 saturated carbocycles. The van der Waals surface area contributed by atoms with Gasteiger partial charge in [-0.05, 0) is 26.2 Å². The predicted molar refractivity (Wildman–Crippen MR) is 125 cm³/mol. The van der Waals surface area contributed by atoms with Crippen molar-refractivity contribution >= 4 is 28.1 Å². The molecule has 158 valence electrons. The summed E-state index contributed by atoms with van der Waals surface area (Å²) >= 11 is 1.69. The summed E-state index contributed by atoms with van der Waals surface area (Å²) in [5, 5.41) is 10.4. The van der Waals surface area contributed by atoms with Crippen LogP contribution < -0.4 is 10.6 Å². The summed E-state index contributed by atoms with van der Waals surface area (Å²) in [4.78, 5) is 9.51. The van der Waals surface area contributed by atoms with Gasteiger partial charge in [-0.25, -0.2) is 4.98 Å². The molecule has 2 N–H and O–H groups in total. The molecule has 1 fully saturated rings. The van der Waals surface area contributed by atoms with E-state index in [0.717, 1.165) is 61.1 Å². The summed E-state index contributed by atoms with van der Waals surface area (Å²) in [5.41, 5.74) is 2.25. The molecule has 5 nitrogen and oxygen atoms in total. The van der Waals surface area contributed by atoms with Crippen molar-refractivity contribution in [2.24, 2.45) is 4.99 Å². The highest BCUT2D eigenvalue weighted by molar-refractivity contribution is 7.85. The number of rotatable bonds is 8. The highest BCUT2D eigenvalue weighted by Gasteiger charge is 2.26. The first-order valence-corrected chi connectivity index (χ1v) is 12.9. The third-order valence-electron chi connectivity index (χ3n) is 5.18. The minimum absolute atomic E-state index is 0.320. The third kappa shape index (κ3) is 6.64. The number of nitrogens with zero attached hydrogens (tertiary/aromatic N) is 2. The Balaban J connectivity index is 1.54. The van der Waals surface area contributed by atoms with Crippen molar-refractivity contribution in [3.05, 3.63) is 41.4 Å². The van der Waals surface area contributed by atoms with Gasteiger partial charge in [0, 0.05) is 58.3 Å². The van der Waals surface area contributed by atoms with Gasteiger partial charge in [0.05, 0.1) is 5.69 Å². The molecule has 3 rings (SSSR count). The van der Waals surface area contributed by atoms with E-state index in [2.05, 4.69) is 35.1 Å². The summed E-state index contributed by atoms with van der Waals surface area (Å²) in [6.07, 6.45) is 5.13. The van der Waals surface area contributed by atoms with Crippen molar-refractivity contribution in [1.82, 2.24) is 15.6 Å². The molecule has 0 aliphatic heterocycles. The van der Waals surface area contributed by atoms with E-state index in [-0.39, 0.29) is 0 Å². The molecule has 29 heavy (non-hydrogen) atoms. The summed E-state index contributed by atoms with van der Waals surface area (Å²) < 4.78 is 12.2. The topological polar surface area (TPSA) is 66.4 Å². The summed E-state index contributed by atoms with van der Waals surface area (Å²) in [6, 6.07) is 10.7. The molecule has 0 saturated heterocycles. The van der Waals surface area contributed by atoms with Crippen molar-refractivity contribution in [2.45, 2.75) is 57.2 Å². The quantitative estimate of drug-likeness (QED) is 0.489. The molecule has 1 aromatic carbocycles. The zero-order chi connectivity index (χ0) is 20.5. The fourth-order valence-electron chi connectivity index (χ4n) is 3.68. The first kappa shape index (κ1) is 22.0. The van der Waals surface area contributed by atoms with Gasteiger partial charge in [0.2, 0.25) is 0 Å². The molecule has 0 radical (unpaired) electrons. The van der Waals surface area contributed by atoms with E-state index in [1.54, 1.807) is 11.3 Å². The fraction of sp³-hybridized carbons (Fsp3) is 0.545. The van der Waals surface area contributed by atoms with Gasteiger partial charge in [-0.2, -0.15) is 0 Å². The lowest BCUT2D eigenvalue weighted by atomic mass is 9.95. The van der Waals surface area contributed by atoms with Crippen LogP contribution in [0.15, 0.2) is 40.7 Å². The molecule has 3 atom stereocenters. The lowest BCUT2D eigenvalue weighted by Gasteiger charge is -2.30. The van der Waals surface area contributed by atoms with E-state index >= 15 is 0 Å². The highest BCUT2D eigenvalue weighted by atomic mass is 32.2. The van der Waals surface area contributed by atoms with Crippen LogP contribution in [0.5, 0.6) is 0 Å². The maximum atomic E-state index is 12.2. The Kier molecular flexibility index (Phi) is 8.68. The van der Waals surface area contributed by atoms with Crippen LogP contribution >= 0.6 is 11.3 Å². The van der Waals surface area contributed by atoms with Gasteiger partial charge >= 0.3 is 0 Å². The van der Waals surface area contributed by atoms with Crippen LogP contribution in [0.3, 0.4) is 0 Å². The maximum absolute atomic E-state index is 12.2. The summed E-state index contributed by atoms with van der Waals surface area (Å²) in [7, 11) is -0.704. The number of nitrogens with one attached hydrogen (secondary N) is 2. The first-order valence-electron chi connectivity index (χ1n) is 10.6. The van der Waals surface area contributed by atoms with Gasteiger partial charge in [0.25, 0.3) is 0 Å². The van der Waals surface area contributed by atoms with E-state index in [9.17, 15) is 4.21 Å². The SMILES string of the molecule is CCNC(=NCCc1csc(-c2ccccc2)n1)NC1CCCC(S(=O)CC)C1. The summed E-state index contributed by atoms with van der Waals surface area (Å²) in [5.74, 6) is 1.61. The van der Waals surface area contributed by atoms with Gasteiger partial charge in [-0.15, -0.1) is 11.3 Å². The van der Waals surface area contributed by atoms with Crippen molar-refractivity contribution in [1.29, 1.82) is 0 Å². The lowest BCUT2D eigenvalue weighted by molar-refractivity contribution is 0.413. The number of guanidine groups is 1. The number of thiazole rings is 1. The van der Waals surface area contributed by atoms with E-state index < -0.39 is 10.8 Å². The number of aromatic nitrogens is 1. The Morgan fingerprint density at radius 2 is 2.10 bits per heavy atom. The molecular weight excluding hydrogens is 400 g/mol. The summed E-state index contributed by atoms with van der Waals surface area (Å²) in [6.45, 7) is 5.63. The van der Waals surface area contributed by atoms with Crippen molar-refractivity contribution in [3.63, 3.8) is 0 Å². The molecule has 1 aliphatic rings. The Morgan fingerprint density at radius 3 is 2.86 bits per heavy atom. The highest BCUT2D eigenvalue weighted by Crippen LogP contribution is 2.24. The van der Waals surface area contributed by atoms with Crippen LogP contribution in [-0.4, -0.2) is 45.3 Å². The van der Waals surface area contributed by atoms with Gasteiger partial charge in [-0.3, -0.25) is 9.20 Å². The molecule has 2 aromatic rings. The Bertz CT molecular complexity index is 806. The van der Waals surface area contributed by atoms with Crippen LogP contribution in [0.4, 0.5) is 0 Å². The monoisotopic (exact) mass is 432 g/mol. The van der Waals surface area contributed by atoms with E-state index in [4.69, 9.17) is 9.98 Å². The van der Waals surface area contributed by atoms with E-state index in [1.807, 2.05) is 25.1 Å². The average Bonchev–Trinajstić information content (AvgIpc) is 3.23. The second kappa shape index (κ2) is 11.5. The normalized spacial score (nSPS) is 21.0. The lowest BCUT2D eigenvalue weighted by Crippen LogP contribution is -2.46. The van der Waals surface area contributed by atoms with Gasteiger partial charge in [0.1, 0.15) is 5.01 Å². The largest absolute Gasteiger partial charge is 0.357 e. The number of hydrogen-bond acceptors (Lipinski definition) is 4. The maximum Gasteiger partial charge on any atom is 0.191 e. The first-order chi connectivity index (χ1) is 14.2.